The molecule has 2 N–H and O–H groups in total. The Labute approximate surface area is 157 Å². The summed E-state index contributed by atoms with van der Waals surface area (Å²) in [5.41, 5.74) is 5.50. The third kappa shape index (κ3) is 2.70. The fourth-order valence-corrected chi connectivity index (χ4v) is 3.51. The molecule has 0 amide bonds. The van der Waals surface area contributed by atoms with Gasteiger partial charge >= 0.3 is 5.97 Å². The number of aromatic nitrogens is 4. The standard InChI is InChI=1S/C19H15BrN4O2/c1-10-6-15(17-22-16-8-13(20)9-21-18(16)23-17)11(2)24(10)14-5-3-4-12(7-14)19(25)26/h3-9H,1-2H3,(H,25,26)(H,21,22,23). The van der Waals surface area contributed by atoms with E-state index in [1.807, 2.05) is 36.6 Å². The van der Waals surface area contributed by atoms with Gasteiger partial charge in [-0.05, 0) is 60.1 Å². The van der Waals surface area contributed by atoms with Gasteiger partial charge in [0.1, 0.15) is 5.82 Å². The van der Waals surface area contributed by atoms with Crippen LogP contribution in [-0.4, -0.2) is 30.6 Å². The maximum atomic E-state index is 11.3. The molecule has 0 aliphatic rings. The SMILES string of the molecule is Cc1cc(-c2nc3ncc(Br)cc3[nH]2)c(C)n1-c1cccc(C(=O)O)c1. The number of fused-ring (bicyclic) bond motifs is 1. The van der Waals surface area contributed by atoms with Gasteiger partial charge in [-0.25, -0.2) is 14.8 Å². The number of halogens is 1. The first-order chi connectivity index (χ1) is 12.4. The first kappa shape index (κ1) is 16.5. The number of carboxylic acid groups (broad SMARTS) is 1. The van der Waals surface area contributed by atoms with Crippen LogP contribution in [0.3, 0.4) is 0 Å². The number of nitrogens with one attached hydrogen (secondary N) is 1. The van der Waals surface area contributed by atoms with Crippen LogP contribution in [0.25, 0.3) is 28.2 Å². The average Bonchev–Trinajstić information content (AvgIpc) is 3.15. The van der Waals surface area contributed by atoms with Gasteiger partial charge in [0, 0.05) is 33.3 Å². The molecule has 0 fully saturated rings. The highest BCUT2D eigenvalue weighted by Crippen LogP contribution is 2.29. The van der Waals surface area contributed by atoms with Crippen molar-refractivity contribution in [2.75, 3.05) is 0 Å². The molecule has 6 nitrogen and oxygen atoms in total. The Morgan fingerprint density at radius 3 is 2.81 bits per heavy atom. The molecule has 0 saturated carbocycles. The second-order valence-electron chi connectivity index (χ2n) is 6.09. The summed E-state index contributed by atoms with van der Waals surface area (Å²) < 4.78 is 2.91. The summed E-state index contributed by atoms with van der Waals surface area (Å²) >= 11 is 3.41. The minimum absolute atomic E-state index is 0.259. The van der Waals surface area contributed by atoms with Crippen molar-refractivity contribution in [3.63, 3.8) is 0 Å². The largest absolute Gasteiger partial charge is 0.478 e. The molecule has 0 radical (unpaired) electrons. The molecular weight excluding hydrogens is 396 g/mol. The number of carbonyl (C=O) groups is 1. The lowest BCUT2D eigenvalue weighted by molar-refractivity contribution is 0.0697. The molecule has 0 atom stereocenters. The number of pyridine rings is 1. The van der Waals surface area contributed by atoms with Crippen LogP contribution in [0.2, 0.25) is 0 Å². The molecule has 4 aromatic rings. The zero-order valence-electron chi connectivity index (χ0n) is 14.1. The number of imidazole rings is 1. The lowest BCUT2D eigenvalue weighted by Gasteiger charge is -2.10. The van der Waals surface area contributed by atoms with Crippen LogP contribution in [0.1, 0.15) is 21.7 Å². The van der Waals surface area contributed by atoms with Gasteiger partial charge in [-0.15, -0.1) is 0 Å². The normalized spacial score (nSPS) is 11.2. The molecular formula is C19H15BrN4O2. The zero-order valence-corrected chi connectivity index (χ0v) is 15.7. The number of aryl methyl sites for hydroxylation is 1. The Morgan fingerprint density at radius 2 is 2.04 bits per heavy atom. The van der Waals surface area contributed by atoms with E-state index in [0.717, 1.165) is 38.5 Å². The minimum Gasteiger partial charge on any atom is -0.478 e. The third-order valence-electron chi connectivity index (χ3n) is 4.34. The summed E-state index contributed by atoms with van der Waals surface area (Å²) in [6, 6.07) is 10.9. The van der Waals surface area contributed by atoms with Crippen molar-refractivity contribution in [2.45, 2.75) is 13.8 Å². The van der Waals surface area contributed by atoms with Crippen LogP contribution in [0.15, 0.2) is 47.1 Å². The summed E-state index contributed by atoms with van der Waals surface area (Å²) in [5.74, 6) is -0.206. The van der Waals surface area contributed by atoms with Gasteiger partial charge in [0.2, 0.25) is 0 Å². The molecule has 0 aliphatic carbocycles. The van der Waals surface area contributed by atoms with Gasteiger partial charge in [-0.3, -0.25) is 0 Å². The topological polar surface area (TPSA) is 83.8 Å². The fraction of sp³-hybridized carbons (Fsp3) is 0.105. The number of benzene rings is 1. The summed E-state index contributed by atoms with van der Waals surface area (Å²) in [7, 11) is 0. The molecule has 3 heterocycles. The van der Waals surface area contributed by atoms with Crippen LogP contribution in [0.5, 0.6) is 0 Å². The summed E-state index contributed by atoms with van der Waals surface area (Å²) in [6.07, 6.45) is 1.72. The number of hydrogen-bond donors (Lipinski definition) is 2. The van der Waals surface area contributed by atoms with Crippen LogP contribution in [-0.2, 0) is 0 Å². The monoisotopic (exact) mass is 410 g/mol. The van der Waals surface area contributed by atoms with Crippen LogP contribution in [0, 0.1) is 13.8 Å². The maximum Gasteiger partial charge on any atom is 0.335 e. The Hall–Kier alpha value is -2.93. The Morgan fingerprint density at radius 1 is 1.23 bits per heavy atom. The maximum absolute atomic E-state index is 11.3. The minimum atomic E-state index is -0.941. The van der Waals surface area contributed by atoms with E-state index >= 15 is 0 Å². The molecule has 0 bridgehead atoms. The van der Waals surface area contributed by atoms with Gasteiger partial charge in [-0.2, -0.15) is 0 Å². The van der Waals surface area contributed by atoms with E-state index in [4.69, 9.17) is 0 Å². The Kier molecular flexibility index (Phi) is 3.88. The summed E-state index contributed by atoms with van der Waals surface area (Å²) in [5, 5.41) is 9.25. The summed E-state index contributed by atoms with van der Waals surface area (Å²) in [4.78, 5) is 23.5. The highest BCUT2D eigenvalue weighted by Gasteiger charge is 2.16. The Balaban J connectivity index is 1.86. The van der Waals surface area contributed by atoms with Crippen molar-refractivity contribution in [3.05, 3.63) is 64.0 Å². The first-order valence-corrected chi connectivity index (χ1v) is 8.77. The van der Waals surface area contributed by atoms with E-state index in [9.17, 15) is 9.90 Å². The fourth-order valence-electron chi connectivity index (χ4n) is 3.18. The van der Waals surface area contributed by atoms with Crippen molar-refractivity contribution in [1.29, 1.82) is 0 Å². The van der Waals surface area contributed by atoms with Crippen LogP contribution < -0.4 is 0 Å². The highest BCUT2D eigenvalue weighted by atomic mass is 79.9. The molecule has 1 aromatic carbocycles. The van der Waals surface area contributed by atoms with Crippen molar-refractivity contribution in [2.24, 2.45) is 0 Å². The molecule has 0 unspecified atom stereocenters. The number of H-pyrrole nitrogens is 1. The highest BCUT2D eigenvalue weighted by molar-refractivity contribution is 9.10. The van der Waals surface area contributed by atoms with E-state index in [2.05, 4.69) is 30.9 Å². The van der Waals surface area contributed by atoms with E-state index in [1.165, 1.54) is 0 Å². The van der Waals surface area contributed by atoms with Gasteiger partial charge in [-0.1, -0.05) is 6.07 Å². The van der Waals surface area contributed by atoms with Gasteiger partial charge in [0.15, 0.2) is 5.65 Å². The predicted molar refractivity (Wildman–Crippen MR) is 103 cm³/mol. The second-order valence-corrected chi connectivity index (χ2v) is 7.00. The van der Waals surface area contributed by atoms with E-state index in [1.54, 1.807) is 24.4 Å². The molecule has 7 heteroatoms. The Bertz CT molecular complexity index is 1160. The number of rotatable bonds is 3. The van der Waals surface area contributed by atoms with Crippen molar-refractivity contribution >= 4 is 33.1 Å². The second kappa shape index (κ2) is 6.10. The zero-order chi connectivity index (χ0) is 18.4. The lowest BCUT2D eigenvalue weighted by Crippen LogP contribution is -2.02. The molecule has 0 aliphatic heterocycles. The van der Waals surface area contributed by atoms with Crippen LogP contribution >= 0.6 is 15.9 Å². The summed E-state index contributed by atoms with van der Waals surface area (Å²) in [6.45, 7) is 3.98. The molecule has 0 saturated heterocycles. The quantitative estimate of drug-likeness (QED) is 0.520. The van der Waals surface area contributed by atoms with Crippen molar-refractivity contribution in [3.8, 4) is 17.1 Å². The van der Waals surface area contributed by atoms with E-state index in [-0.39, 0.29) is 5.56 Å². The molecule has 4 rings (SSSR count). The van der Waals surface area contributed by atoms with Gasteiger partial charge < -0.3 is 14.7 Å². The smallest absolute Gasteiger partial charge is 0.335 e. The number of hydrogen-bond acceptors (Lipinski definition) is 3. The first-order valence-electron chi connectivity index (χ1n) is 7.98. The molecule has 130 valence electrons. The van der Waals surface area contributed by atoms with Gasteiger partial charge in [0.05, 0.1) is 11.1 Å². The molecule has 26 heavy (non-hydrogen) atoms. The third-order valence-corrected chi connectivity index (χ3v) is 4.78. The molecule has 0 spiro atoms. The van der Waals surface area contributed by atoms with Gasteiger partial charge in [0.25, 0.3) is 0 Å². The van der Waals surface area contributed by atoms with E-state index < -0.39 is 5.97 Å². The van der Waals surface area contributed by atoms with Crippen molar-refractivity contribution in [1.82, 2.24) is 19.5 Å². The number of nitrogens with zero attached hydrogens (tertiary/aromatic N) is 3. The number of aromatic carboxylic acids is 1. The van der Waals surface area contributed by atoms with Crippen molar-refractivity contribution < 1.29 is 9.90 Å². The van der Waals surface area contributed by atoms with E-state index in [0.29, 0.717) is 5.65 Å². The lowest BCUT2D eigenvalue weighted by atomic mass is 10.2. The number of aromatic amines is 1. The number of carboxylic acids is 1. The van der Waals surface area contributed by atoms with Crippen LogP contribution in [0.4, 0.5) is 0 Å². The average molecular weight is 411 g/mol. The predicted octanol–water partition coefficient (Wildman–Crippen LogP) is 4.49. The molecule has 3 aromatic heterocycles.